The van der Waals surface area contributed by atoms with E-state index < -0.39 is 0 Å². The third-order valence-electron chi connectivity index (χ3n) is 5.01. The van der Waals surface area contributed by atoms with Crippen LogP contribution in [-0.2, 0) is 13.1 Å². The lowest BCUT2D eigenvalue weighted by Gasteiger charge is -2.28. The molecule has 0 spiro atoms. The van der Waals surface area contributed by atoms with Crippen molar-refractivity contribution in [2.45, 2.75) is 58.7 Å². The first-order chi connectivity index (χ1) is 14.4. The Morgan fingerprint density at radius 1 is 1.06 bits per heavy atom. The second-order valence-corrected chi connectivity index (χ2v) is 8.67. The van der Waals surface area contributed by atoms with Crippen LogP contribution in [0, 0.1) is 0 Å². The molecule has 0 saturated carbocycles. The fourth-order valence-corrected chi connectivity index (χ4v) is 3.53. The van der Waals surface area contributed by atoms with Crippen LogP contribution in [0.25, 0.3) is 0 Å². The van der Waals surface area contributed by atoms with Crippen molar-refractivity contribution in [3.63, 3.8) is 0 Å². The molecule has 0 radical (unpaired) electrons. The van der Waals surface area contributed by atoms with Crippen molar-refractivity contribution in [3.05, 3.63) is 53.7 Å². The fraction of sp³-hybridized carbons (Fsp3) is 0.500. The van der Waals surface area contributed by atoms with E-state index in [1.54, 1.807) is 7.05 Å². The van der Waals surface area contributed by atoms with Gasteiger partial charge in [0.2, 0.25) is 0 Å². The number of nitrogens with one attached hydrogen (secondary N) is 2. The van der Waals surface area contributed by atoms with E-state index in [1.807, 2.05) is 24.4 Å². The molecule has 170 valence electrons. The quantitative estimate of drug-likeness (QED) is 0.317. The minimum atomic E-state index is -0.233. The summed E-state index contributed by atoms with van der Waals surface area (Å²) in [5, 5.41) is 6.80. The summed E-state index contributed by atoms with van der Waals surface area (Å²) in [4.78, 5) is 11.3. The molecule has 0 atom stereocenters. The van der Waals surface area contributed by atoms with Crippen LogP contribution in [0.2, 0.25) is 0 Å². The second-order valence-electron chi connectivity index (χ2n) is 8.67. The maximum atomic E-state index is 6.09. The minimum absolute atomic E-state index is 0. The van der Waals surface area contributed by atoms with Crippen molar-refractivity contribution in [1.29, 1.82) is 0 Å². The van der Waals surface area contributed by atoms with Gasteiger partial charge >= 0.3 is 0 Å². The van der Waals surface area contributed by atoms with Gasteiger partial charge in [-0.25, -0.2) is 4.98 Å². The predicted molar refractivity (Wildman–Crippen MR) is 140 cm³/mol. The number of anilines is 1. The predicted octanol–water partition coefficient (Wildman–Crippen LogP) is 4.73. The van der Waals surface area contributed by atoms with Crippen LogP contribution in [-0.4, -0.2) is 36.7 Å². The Balaban J connectivity index is 0.00000341. The molecule has 0 bridgehead atoms. The molecular formula is C24H36IN5O. The fourth-order valence-electron chi connectivity index (χ4n) is 3.53. The molecule has 1 aromatic heterocycles. The summed E-state index contributed by atoms with van der Waals surface area (Å²) in [5.74, 6) is 2.73. The van der Waals surface area contributed by atoms with E-state index in [0.717, 1.165) is 36.2 Å². The monoisotopic (exact) mass is 537 g/mol. The number of guanidine groups is 1. The van der Waals surface area contributed by atoms with E-state index in [0.29, 0.717) is 13.1 Å². The van der Waals surface area contributed by atoms with Crippen LogP contribution in [0.1, 0.15) is 51.2 Å². The van der Waals surface area contributed by atoms with Gasteiger partial charge in [0.25, 0.3) is 0 Å². The Morgan fingerprint density at radius 2 is 1.77 bits per heavy atom. The molecule has 1 aromatic carbocycles. The molecule has 6 nitrogen and oxygen atoms in total. The number of rotatable bonds is 6. The average molecular weight is 537 g/mol. The summed E-state index contributed by atoms with van der Waals surface area (Å²) in [6, 6.07) is 12.4. The van der Waals surface area contributed by atoms with Gasteiger partial charge in [0.05, 0.1) is 0 Å². The zero-order valence-corrected chi connectivity index (χ0v) is 21.5. The van der Waals surface area contributed by atoms with Gasteiger partial charge in [-0.15, -0.1) is 24.0 Å². The van der Waals surface area contributed by atoms with Crippen LogP contribution >= 0.6 is 24.0 Å². The smallest absolute Gasteiger partial charge is 0.191 e. The molecule has 1 fully saturated rings. The molecule has 1 saturated heterocycles. The Bertz CT molecular complexity index is 844. The normalized spacial score (nSPS) is 14.6. The third-order valence-corrected chi connectivity index (χ3v) is 5.01. The summed E-state index contributed by atoms with van der Waals surface area (Å²) in [6.45, 7) is 9.72. The number of nitrogens with zero attached hydrogens (tertiary/aromatic N) is 3. The lowest BCUT2D eigenvalue weighted by atomic mass is 10.1. The zero-order valence-electron chi connectivity index (χ0n) is 19.1. The molecule has 0 amide bonds. The Morgan fingerprint density at radius 3 is 2.48 bits per heavy atom. The van der Waals surface area contributed by atoms with Gasteiger partial charge < -0.3 is 20.3 Å². The zero-order chi connectivity index (χ0) is 21.4. The summed E-state index contributed by atoms with van der Waals surface area (Å²) in [6.07, 6.45) is 5.73. The number of hydrogen-bond acceptors (Lipinski definition) is 4. The molecule has 0 aliphatic carbocycles. The standard InChI is InChI=1S/C24H35N5O.HI/c1-24(2,3)30-21-11-7-6-10-20(21)18-28-23(25-4)27-17-19-12-13-26-22(16-19)29-14-8-5-9-15-29;/h6-7,10-13,16H,5,8-9,14-15,17-18H2,1-4H3,(H2,25,27,28);1H. The van der Waals surface area contributed by atoms with Gasteiger partial charge in [-0.3, -0.25) is 4.99 Å². The number of piperidine rings is 1. The molecule has 2 heterocycles. The molecule has 31 heavy (non-hydrogen) atoms. The van der Waals surface area contributed by atoms with E-state index in [9.17, 15) is 0 Å². The summed E-state index contributed by atoms with van der Waals surface area (Å²) in [7, 11) is 1.79. The maximum Gasteiger partial charge on any atom is 0.191 e. The number of ether oxygens (including phenoxy) is 1. The number of para-hydroxylation sites is 1. The number of aromatic nitrogens is 1. The highest BCUT2D eigenvalue weighted by Crippen LogP contribution is 2.23. The number of aliphatic imine (C=N–C) groups is 1. The first kappa shape index (κ1) is 25.2. The van der Waals surface area contributed by atoms with Crippen LogP contribution in [0.5, 0.6) is 5.75 Å². The minimum Gasteiger partial charge on any atom is -0.488 e. The number of halogens is 1. The van der Waals surface area contributed by atoms with Gasteiger partial charge in [-0.05, 0) is 63.8 Å². The van der Waals surface area contributed by atoms with Crippen LogP contribution < -0.4 is 20.3 Å². The first-order valence-electron chi connectivity index (χ1n) is 10.9. The third kappa shape index (κ3) is 8.20. The Kier molecular flexibility index (Phi) is 9.87. The number of pyridine rings is 1. The molecule has 2 N–H and O–H groups in total. The van der Waals surface area contributed by atoms with Gasteiger partial charge in [-0.2, -0.15) is 0 Å². The highest BCUT2D eigenvalue weighted by atomic mass is 127. The summed E-state index contributed by atoms with van der Waals surface area (Å²) in [5.41, 5.74) is 2.07. The van der Waals surface area contributed by atoms with E-state index >= 15 is 0 Å². The van der Waals surface area contributed by atoms with Crippen molar-refractivity contribution >= 4 is 35.8 Å². The van der Waals surface area contributed by atoms with Crippen molar-refractivity contribution in [1.82, 2.24) is 15.6 Å². The van der Waals surface area contributed by atoms with Crippen molar-refractivity contribution in [3.8, 4) is 5.75 Å². The van der Waals surface area contributed by atoms with Gasteiger partial charge in [0, 0.05) is 45.0 Å². The molecule has 7 heteroatoms. The molecule has 2 aromatic rings. The highest BCUT2D eigenvalue weighted by Gasteiger charge is 2.15. The lowest BCUT2D eigenvalue weighted by molar-refractivity contribution is 0.129. The summed E-state index contributed by atoms with van der Waals surface area (Å²) >= 11 is 0. The van der Waals surface area contributed by atoms with E-state index in [1.165, 1.54) is 24.8 Å². The molecule has 3 rings (SSSR count). The van der Waals surface area contributed by atoms with Gasteiger partial charge in [0.1, 0.15) is 17.2 Å². The maximum absolute atomic E-state index is 6.09. The van der Waals surface area contributed by atoms with Gasteiger partial charge in [0.15, 0.2) is 5.96 Å². The van der Waals surface area contributed by atoms with Crippen molar-refractivity contribution in [2.75, 3.05) is 25.0 Å². The Labute approximate surface area is 203 Å². The molecular weight excluding hydrogens is 501 g/mol. The Hall–Kier alpha value is -2.03. The van der Waals surface area contributed by atoms with Crippen LogP contribution in [0.15, 0.2) is 47.6 Å². The second kappa shape index (κ2) is 12.1. The SMILES string of the molecule is CN=C(NCc1ccnc(N2CCCCC2)c1)NCc1ccccc1OC(C)(C)C.I. The highest BCUT2D eigenvalue weighted by molar-refractivity contribution is 14.0. The number of benzene rings is 1. The van der Waals surface area contributed by atoms with Crippen molar-refractivity contribution < 1.29 is 4.74 Å². The van der Waals surface area contributed by atoms with Gasteiger partial charge in [-0.1, -0.05) is 18.2 Å². The molecule has 0 unspecified atom stereocenters. The van der Waals surface area contributed by atoms with E-state index in [4.69, 9.17) is 4.74 Å². The summed E-state index contributed by atoms with van der Waals surface area (Å²) < 4.78 is 6.09. The van der Waals surface area contributed by atoms with E-state index in [-0.39, 0.29) is 29.6 Å². The first-order valence-corrected chi connectivity index (χ1v) is 10.9. The largest absolute Gasteiger partial charge is 0.488 e. The van der Waals surface area contributed by atoms with Crippen LogP contribution in [0.3, 0.4) is 0 Å². The molecule has 1 aliphatic heterocycles. The number of hydrogen-bond donors (Lipinski definition) is 2. The van der Waals surface area contributed by atoms with Crippen LogP contribution in [0.4, 0.5) is 5.82 Å². The average Bonchev–Trinajstić information content (AvgIpc) is 2.75. The molecule has 1 aliphatic rings. The topological polar surface area (TPSA) is 61.8 Å². The van der Waals surface area contributed by atoms with E-state index in [2.05, 4.69) is 64.5 Å². The lowest BCUT2D eigenvalue weighted by Crippen LogP contribution is -2.36. The van der Waals surface area contributed by atoms with Crippen molar-refractivity contribution in [2.24, 2.45) is 4.99 Å².